The van der Waals surface area contributed by atoms with Gasteiger partial charge in [-0.1, -0.05) is 0 Å². The van der Waals surface area contributed by atoms with Gasteiger partial charge in [0.2, 0.25) is 0 Å². The topological polar surface area (TPSA) is 62.7 Å². The molecule has 5 nitrogen and oxygen atoms in total. The summed E-state index contributed by atoms with van der Waals surface area (Å²) >= 11 is 0. The Morgan fingerprint density at radius 2 is 2.24 bits per heavy atom. The van der Waals surface area contributed by atoms with E-state index in [-0.39, 0.29) is 5.69 Å². The Kier molecular flexibility index (Phi) is 4.66. The number of amides is 1. The van der Waals surface area contributed by atoms with Crippen LogP contribution in [0.2, 0.25) is 0 Å². The van der Waals surface area contributed by atoms with Crippen molar-refractivity contribution in [3.8, 4) is 0 Å². The minimum atomic E-state index is -4.35. The molecule has 0 saturated heterocycles. The van der Waals surface area contributed by atoms with Crippen LogP contribution in [-0.4, -0.2) is 33.2 Å². The van der Waals surface area contributed by atoms with Crippen molar-refractivity contribution >= 4 is 5.91 Å². The molecule has 8 heteroatoms. The van der Waals surface area contributed by atoms with Crippen LogP contribution in [0, 0.1) is 0 Å². The first-order chi connectivity index (χ1) is 9.96. The van der Waals surface area contributed by atoms with E-state index in [0.29, 0.717) is 19.4 Å². The molecule has 0 aliphatic carbocycles. The Bertz CT molecular complexity index is 575. The number of H-pyrrole nitrogens is 1. The van der Waals surface area contributed by atoms with Crippen LogP contribution in [0.15, 0.2) is 30.7 Å². The predicted molar refractivity (Wildman–Crippen MR) is 69.7 cm³/mol. The summed E-state index contributed by atoms with van der Waals surface area (Å²) in [4.78, 5) is 18.8. The van der Waals surface area contributed by atoms with E-state index < -0.39 is 18.6 Å². The third-order valence-electron chi connectivity index (χ3n) is 2.84. The lowest BCUT2D eigenvalue weighted by Gasteiger charge is -2.11. The van der Waals surface area contributed by atoms with Gasteiger partial charge in [0, 0.05) is 31.6 Å². The number of hydrogen-bond acceptors (Lipinski definition) is 2. The minimum Gasteiger partial charge on any atom is -0.351 e. The number of halogens is 3. The van der Waals surface area contributed by atoms with E-state index in [1.807, 2.05) is 0 Å². The molecular weight excluding hydrogens is 285 g/mol. The normalized spacial score (nSPS) is 11.6. The molecule has 2 rings (SSSR count). The fourth-order valence-electron chi connectivity index (χ4n) is 1.93. The van der Waals surface area contributed by atoms with Crippen molar-refractivity contribution in [1.29, 1.82) is 0 Å². The molecule has 0 fully saturated rings. The summed E-state index contributed by atoms with van der Waals surface area (Å²) in [6, 6.07) is 2.79. The van der Waals surface area contributed by atoms with Crippen molar-refractivity contribution in [3.63, 3.8) is 0 Å². The fourth-order valence-corrected chi connectivity index (χ4v) is 1.93. The number of imidazole rings is 1. The van der Waals surface area contributed by atoms with Gasteiger partial charge in [-0.25, -0.2) is 4.98 Å². The number of aromatic amines is 1. The first-order valence-electron chi connectivity index (χ1n) is 6.44. The van der Waals surface area contributed by atoms with Gasteiger partial charge in [-0.3, -0.25) is 4.79 Å². The second kappa shape index (κ2) is 6.47. The number of aromatic nitrogens is 3. The van der Waals surface area contributed by atoms with Gasteiger partial charge in [0.25, 0.3) is 5.91 Å². The van der Waals surface area contributed by atoms with E-state index in [4.69, 9.17) is 0 Å². The Hall–Kier alpha value is -2.25. The van der Waals surface area contributed by atoms with Crippen molar-refractivity contribution in [2.75, 3.05) is 6.54 Å². The highest BCUT2D eigenvalue weighted by Gasteiger charge is 2.29. The van der Waals surface area contributed by atoms with E-state index in [1.54, 1.807) is 12.4 Å². The molecule has 2 aromatic heterocycles. The third-order valence-corrected chi connectivity index (χ3v) is 2.84. The highest BCUT2D eigenvalue weighted by atomic mass is 19.4. The molecule has 1 amide bonds. The lowest BCUT2D eigenvalue weighted by atomic mass is 10.3. The van der Waals surface area contributed by atoms with Crippen LogP contribution in [0.5, 0.6) is 0 Å². The van der Waals surface area contributed by atoms with Crippen LogP contribution < -0.4 is 5.32 Å². The van der Waals surface area contributed by atoms with Gasteiger partial charge in [-0.2, -0.15) is 13.2 Å². The first kappa shape index (κ1) is 15.1. The Morgan fingerprint density at radius 3 is 2.90 bits per heavy atom. The minimum absolute atomic E-state index is 0.00493. The summed E-state index contributed by atoms with van der Waals surface area (Å²) in [6.07, 6.45) is 1.55. The van der Waals surface area contributed by atoms with Crippen LogP contribution in [0.25, 0.3) is 0 Å². The van der Waals surface area contributed by atoms with Crippen LogP contribution >= 0.6 is 0 Å². The van der Waals surface area contributed by atoms with E-state index >= 15 is 0 Å². The Balaban J connectivity index is 1.82. The maximum absolute atomic E-state index is 12.4. The molecule has 2 heterocycles. The molecule has 2 N–H and O–H groups in total. The average molecular weight is 300 g/mol. The number of alkyl halides is 3. The van der Waals surface area contributed by atoms with Crippen LogP contribution in [0.4, 0.5) is 13.2 Å². The molecule has 0 radical (unpaired) electrons. The molecule has 0 spiro atoms. The number of aryl methyl sites for hydroxylation is 1. The van der Waals surface area contributed by atoms with E-state index in [0.717, 1.165) is 10.4 Å². The summed E-state index contributed by atoms with van der Waals surface area (Å²) in [5.41, 5.74) is 0.00493. The Morgan fingerprint density at radius 1 is 1.43 bits per heavy atom. The number of nitrogens with zero attached hydrogens (tertiary/aromatic N) is 2. The molecule has 0 atom stereocenters. The number of carbonyl (C=O) groups excluding carboxylic acids is 1. The van der Waals surface area contributed by atoms with Gasteiger partial charge in [0.15, 0.2) is 0 Å². The fraction of sp³-hybridized carbons (Fsp3) is 0.385. The number of carbonyl (C=O) groups is 1. The van der Waals surface area contributed by atoms with E-state index in [9.17, 15) is 18.0 Å². The molecular formula is C13H15F3N4O. The SMILES string of the molecule is O=C(NCCCc1ncc[nH]1)c1cccn1CC(F)(F)F. The standard InChI is InChI=1S/C13H15F3N4O/c14-13(15,16)9-20-8-2-3-10(20)12(21)19-5-1-4-11-17-6-7-18-11/h2-3,6-8H,1,4-5,9H2,(H,17,18)(H,19,21). The molecule has 0 aromatic carbocycles. The van der Waals surface area contributed by atoms with Crippen LogP contribution in [0.1, 0.15) is 22.7 Å². The summed E-state index contributed by atoms with van der Waals surface area (Å²) < 4.78 is 38.0. The average Bonchev–Trinajstić information content (AvgIpc) is 3.03. The maximum atomic E-state index is 12.4. The van der Waals surface area contributed by atoms with Gasteiger partial charge in [0.05, 0.1) is 0 Å². The smallest absolute Gasteiger partial charge is 0.351 e. The summed E-state index contributed by atoms with van der Waals surface area (Å²) in [5.74, 6) is 0.299. The van der Waals surface area contributed by atoms with Gasteiger partial charge >= 0.3 is 6.18 Å². The summed E-state index contributed by atoms with van der Waals surface area (Å²) in [6.45, 7) is -0.800. The van der Waals surface area contributed by atoms with Crippen molar-refractivity contribution in [2.24, 2.45) is 0 Å². The van der Waals surface area contributed by atoms with Crippen LogP contribution in [0.3, 0.4) is 0 Å². The molecule has 2 aromatic rings. The quantitative estimate of drug-likeness (QED) is 0.803. The number of hydrogen-bond donors (Lipinski definition) is 2. The van der Waals surface area contributed by atoms with Crippen molar-refractivity contribution in [1.82, 2.24) is 19.9 Å². The molecule has 0 aliphatic heterocycles. The van der Waals surface area contributed by atoms with E-state index in [1.165, 1.54) is 18.3 Å². The molecule has 21 heavy (non-hydrogen) atoms. The lowest BCUT2D eigenvalue weighted by molar-refractivity contribution is -0.140. The number of nitrogens with one attached hydrogen (secondary N) is 2. The predicted octanol–water partition coefficient (Wildman–Crippen LogP) is 2.14. The third kappa shape index (κ3) is 4.66. The first-order valence-corrected chi connectivity index (χ1v) is 6.44. The Labute approximate surface area is 119 Å². The van der Waals surface area contributed by atoms with Gasteiger partial charge in [-0.05, 0) is 18.6 Å². The summed E-state index contributed by atoms with van der Waals surface area (Å²) in [7, 11) is 0. The molecule has 114 valence electrons. The van der Waals surface area contributed by atoms with Gasteiger partial charge < -0.3 is 14.9 Å². The second-order valence-electron chi connectivity index (χ2n) is 4.53. The zero-order valence-electron chi connectivity index (χ0n) is 11.2. The maximum Gasteiger partial charge on any atom is 0.406 e. The molecule has 0 bridgehead atoms. The van der Waals surface area contributed by atoms with Crippen LogP contribution in [-0.2, 0) is 13.0 Å². The van der Waals surface area contributed by atoms with Crippen molar-refractivity contribution < 1.29 is 18.0 Å². The van der Waals surface area contributed by atoms with Gasteiger partial charge in [0.1, 0.15) is 18.1 Å². The summed E-state index contributed by atoms with van der Waals surface area (Å²) in [5, 5.41) is 2.60. The molecule has 0 aliphatic rings. The van der Waals surface area contributed by atoms with Crippen molar-refractivity contribution in [2.45, 2.75) is 25.6 Å². The number of rotatable bonds is 6. The molecule has 0 unspecified atom stereocenters. The zero-order valence-corrected chi connectivity index (χ0v) is 11.2. The monoisotopic (exact) mass is 300 g/mol. The largest absolute Gasteiger partial charge is 0.406 e. The zero-order chi connectivity index (χ0) is 15.3. The highest BCUT2D eigenvalue weighted by Crippen LogP contribution is 2.18. The molecule has 0 saturated carbocycles. The van der Waals surface area contributed by atoms with Crippen molar-refractivity contribution in [3.05, 3.63) is 42.2 Å². The van der Waals surface area contributed by atoms with Gasteiger partial charge in [-0.15, -0.1) is 0 Å². The highest BCUT2D eigenvalue weighted by molar-refractivity contribution is 5.92. The second-order valence-corrected chi connectivity index (χ2v) is 4.53. The van der Waals surface area contributed by atoms with E-state index in [2.05, 4.69) is 15.3 Å². The lowest BCUT2D eigenvalue weighted by Crippen LogP contribution is -2.29.